The largest absolute Gasteiger partial charge is 0.478 e. The molecule has 3 aliphatic rings. The number of unbranched alkanes of at least 4 members (excludes halogenated alkanes) is 1. The van der Waals surface area contributed by atoms with E-state index < -0.39 is 23.7 Å². The Labute approximate surface area is 253 Å². The van der Waals surface area contributed by atoms with Crippen molar-refractivity contribution in [3.05, 3.63) is 59.7 Å². The van der Waals surface area contributed by atoms with Crippen LogP contribution in [-0.4, -0.2) is 75.1 Å². The van der Waals surface area contributed by atoms with E-state index in [0.717, 1.165) is 50.6 Å². The fraction of sp³-hybridized carbons (Fsp3) is 0.531. The number of hydrogen-bond acceptors (Lipinski definition) is 6. The highest BCUT2D eigenvalue weighted by atomic mass is 35.5. The molecule has 0 radical (unpaired) electrons. The Balaban J connectivity index is 0.00000405. The van der Waals surface area contributed by atoms with Gasteiger partial charge in [-0.1, -0.05) is 38.3 Å². The van der Waals surface area contributed by atoms with Gasteiger partial charge in [-0.25, -0.2) is 4.79 Å². The molecule has 0 unspecified atom stereocenters. The maximum absolute atomic E-state index is 13.7. The number of halogens is 1. The van der Waals surface area contributed by atoms with Gasteiger partial charge in [0.2, 0.25) is 11.8 Å². The summed E-state index contributed by atoms with van der Waals surface area (Å²) < 4.78 is 5.85. The Morgan fingerprint density at radius 3 is 2.19 bits per heavy atom. The third-order valence-corrected chi connectivity index (χ3v) is 9.07. The molecule has 10 heteroatoms. The highest BCUT2D eigenvalue weighted by molar-refractivity contribution is 6.00. The molecule has 0 aromatic heterocycles. The second-order valence-corrected chi connectivity index (χ2v) is 11.7. The Kier molecular flexibility index (Phi) is 10.5. The molecule has 3 N–H and O–H groups in total. The summed E-state index contributed by atoms with van der Waals surface area (Å²) in [5.41, 5.74) is 0.463. The Morgan fingerprint density at radius 2 is 1.62 bits per heavy atom. The number of amides is 2. The van der Waals surface area contributed by atoms with Crippen molar-refractivity contribution >= 4 is 30.2 Å². The number of carboxylic acids is 1. The molecular weight excluding hydrogens is 558 g/mol. The summed E-state index contributed by atoms with van der Waals surface area (Å²) >= 11 is 0. The van der Waals surface area contributed by atoms with E-state index in [1.54, 1.807) is 12.1 Å². The molecule has 2 aliphatic heterocycles. The van der Waals surface area contributed by atoms with E-state index >= 15 is 0 Å². The maximum Gasteiger partial charge on any atom is 0.335 e. The van der Waals surface area contributed by atoms with Crippen LogP contribution < -0.4 is 10.1 Å². The Morgan fingerprint density at radius 1 is 1.02 bits per heavy atom. The van der Waals surface area contributed by atoms with E-state index in [1.807, 2.05) is 29.2 Å². The van der Waals surface area contributed by atoms with Crippen molar-refractivity contribution < 1.29 is 29.3 Å². The highest BCUT2D eigenvalue weighted by Gasteiger charge is 2.55. The number of aliphatic hydroxyl groups excluding tert-OH is 1. The number of ether oxygens (including phenoxy) is 1. The van der Waals surface area contributed by atoms with Crippen molar-refractivity contribution in [1.29, 1.82) is 0 Å². The molecule has 2 amide bonds. The summed E-state index contributed by atoms with van der Waals surface area (Å²) in [6.45, 7) is 4.72. The minimum atomic E-state index is -0.976. The summed E-state index contributed by atoms with van der Waals surface area (Å²) in [7, 11) is 0. The number of piperazine rings is 1. The number of carbonyl (C=O) groups is 3. The van der Waals surface area contributed by atoms with Crippen LogP contribution >= 0.6 is 12.4 Å². The molecule has 2 aromatic carbocycles. The fourth-order valence-electron chi connectivity index (χ4n) is 6.58. The summed E-state index contributed by atoms with van der Waals surface area (Å²) in [4.78, 5) is 42.5. The molecule has 2 atom stereocenters. The lowest BCUT2D eigenvalue weighted by Crippen LogP contribution is -2.75. The van der Waals surface area contributed by atoms with Gasteiger partial charge in [0.05, 0.1) is 11.7 Å². The van der Waals surface area contributed by atoms with Crippen molar-refractivity contribution in [3.8, 4) is 11.5 Å². The molecule has 1 saturated carbocycles. The van der Waals surface area contributed by atoms with Crippen molar-refractivity contribution in [2.45, 2.75) is 82.5 Å². The summed E-state index contributed by atoms with van der Waals surface area (Å²) in [6.07, 6.45) is 5.99. The first-order chi connectivity index (χ1) is 19.8. The average molecular weight is 600 g/mol. The first-order valence-electron chi connectivity index (χ1n) is 14.9. The topological polar surface area (TPSA) is 119 Å². The second-order valence-electron chi connectivity index (χ2n) is 11.7. The van der Waals surface area contributed by atoms with Crippen molar-refractivity contribution in [1.82, 2.24) is 15.1 Å². The molecule has 5 rings (SSSR count). The van der Waals surface area contributed by atoms with Gasteiger partial charge in [-0.05, 0) is 80.0 Å². The van der Waals surface area contributed by atoms with E-state index in [2.05, 4.69) is 17.1 Å². The number of hydrogen-bond donors (Lipinski definition) is 3. The van der Waals surface area contributed by atoms with Crippen LogP contribution in [0.2, 0.25) is 0 Å². The molecule has 9 nitrogen and oxygen atoms in total. The van der Waals surface area contributed by atoms with Gasteiger partial charge in [0, 0.05) is 26.2 Å². The van der Waals surface area contributed by atoms with Crippen LogP contribution in [0.1, 0.15) is 74.2 Å². The van der Waals surface area contributed by atoms with Gasteiger partial charge in [-0.15, -0.1) is 12.4 Å². The van der Waals surface area contributed by atoms with E-state index in [9.17, 15) is 19.5 Å². The standard InChI is InChI=1S/C32H41N3O6.ClH/c1-2-3-18-35-29(37)27(28(36)23-6-4-5-7-23)33-31(40)32(35)16-19-34(20-17-32)21-22-8-12-25(13-9-22)41-26-14-10-24(11-15-26)30(38)39;/h8-15,23,27-28,36H,2-7,16-21H2,1H3,(H,33,40)(H,38,39);1H/t27-,28-;/m1./s1. The van der Waals surface area contributed by atoms with Gasteiger partial charge in [-0.3, -0.25) is 14.5 Å². The molecule has 0 bridgehead atoms. The number of likely N-dealkylation sites (tertiary alicyclic amines) is 1. The molecule has 1 aliphatic carbocycles. The van der Waals surface area contributed by atoms with Crippen LogP contribution in [0.15, 0.2) is 48.5 Å². The number of rotatable bonds is 10. The first-order valence-corrected chi connectivity index (χ1v) is 14.9. The number of nitrogens with zero attached hydrogens (tertiary/aromatic N) is 2. The SMILES string of the molecule is CCCCN1C(=O)[C@@H]([C@H](O)C2CCCC2)NC(=O)C12CCN(Cc1ccc(Oc3ccc(C(=O)O)cc3)cc1)CC2.Cl. The third kappa shape index (κ3) is 6.74. The smallest absolute Gasteiger partial charge is 0.335 e. The molecule has 3 fully saturated rings. The molecule has 1 spiro atoms. The maximum atomic E-state index is 13.7. The second kappa shape index (κ2) is 13.9. The lowest BCUT2D eigenvalue weighted by Gasteiger charge is -2.52. The van der Waals surface area contributed by atoms with Crippen LogP contribution in [-0.2, 0) is 16.1 Å². The molecular formula is C32H42ClN3O6. The van der Waals surface area contributed by atoms with Crippen LogP contribution in [0.5, 0.6) is 11.5 Å². The Bertz CT molecular complexity index is 1220. The summed E-state index contributed by atoms with van der Waals surface area (Å²) in [6, 6.07) is 13.2. The van der Waals surface area contributed by atoms with E-state index in [4.69, 9.17) is 9.84 Å². The summed E-state index contributed by atoms with van der Waals surface area (Å²) in [5, 5.41) is 23.0. The molecule has 42 heavy (non-hydrogen) atoms. The normalized spacial score (nSPS) is 21.6. The third-order valence-electron chi connectivity index (χ3n) is 9.07. The minimum absolute atomic E-state index is 0. The number of nitrogens with one attached hydrogen (secondary N) is 1. The van der Waals surface area contributed by atoms with Crippen LogP contribution in [0.3, 0.4) is 0 Å². The molecule has 2 heterocycles. The van der Waals surface area contributed by atoms with Gasteiger partial charge in [0.15, 0.2) is 0 Å². The Hall–Kier alpha value is -3.14. The number of benzene rings is 2. The van der Waals surface area contributed by atoms with Crippen LogP contribution in [0.25, 0.3) is 0 Å². The number of aliphatic hydroxyl groups is 1. The van der Waals surface area contributed by atoms with E-state index in [1.165, 1.54) is 12.1 Å². The van der Waals surface area contributed by atoms with Gasteiger partial charge in [-0.2, -0.15) is 0 Å². The average Bonchev–Trinajstić information content (AvgIpc) is 3.52. The molecule has 228 valence electrons. The van der Waals surface area contributed by atoms with Gasteiger partial charge in [0.1, 0.15) is 23.1 Å². The minimum Gasteiger partial charge on any atom is -0.478 e. The van der Waals surface area contributed by atoms with Gasteiger partial charge < -0.3 is 25.2 Å². The highest BCUT2D eigenvalue weighted by Crippen LogP contribution is 2.37. The lowest BCUT2D eigenvalue weighted by atomic mass is 9.80. The number of aromatic carboxylic acids is 1. The zero-order valence-electron chi connectivity index (χ0n) is 24.2. The van der Waals surface area contributed by atoms with Crippen molar-refractivity contribution in [3.63, 3.8) is 0 Å². The lowest BCUT2D eigenvalue weighted by molar-refractivity contribution is -0.165. The predicted molar refractivity (Wildman–Crippen MR) is 161 cm³/mol. The van der Waals surface area contributed by atoms with Crippen molar-refractivity contribution in [2.24, 2.45) is 5.92 Å². The van der Waals surface area contributed by atoms with Gasteiger partial charge >= 0.3 is 5.97 Å². The fourth-order valence-corrected chi connectivity index (χ4v) is 6.58. The first kappa shape index (κ1) is 31.8. The number of carbonyl (C=O) groups excluding carboxylic acids is 2. The monoisotopic (exact) mass is 599 g/mol. The quantitative estimate of drug-likeness (QED) is 0.365. The molecule has 2 aromatic rings. The molecule has 2 saturated heterocycles. The predicted octanol–water partition coefficient (Wildman–Crippen LogP) is 4.61. The van der Waals surface area contributed by atoms with Gasteiger partial charge in [0.25, 0.3) is 0 Å². The number of carboxylic acid groups (broad SMARTS) is 1. The van der Waals surface area contributed by atoms with Crippen LogP contribution in [0.4, 0.5) is 0 Å². The van der Waals surface area contributed by atoms with Crippen LogP contribution in [0, 0.1) is 5.92 Å². The zero-order chi connectivity index (χ0) is 29.0. The number of piperidine rings is 1. The summed E-state index contributed by atoms with van der Waals surface area (Å²) in [5.74, 6) is 0.0771. The van der Waals surface area contributed by atoms with E-state index in [-0.39, 0.29) is 35.7 Å². The zero-order valence-corrected chi connectivity index (χ0v) is 25.0. The van der Waals surface area contributed by atoms with E-state index in [0.29, 0.717) is 44.0 Å². The van der Waals surface area contributed by atoms with Crippen molar-refractivity contribution in [2.75, 3.05) is 19.6 Å².